The summed E-state index contributed by atoms with van der Waals surface area (Å²) in [6, 6.07) is 2.68. The fourth-order valence-corrected chi connectivity index (χ4v) is 2.01. The highest BCUT2D eigenvalue weighted by Gasteiger charge is 2.37. The van der Waals surface area contributed by atoms with Gasteiger partial charge in [-0.3, -0.25) is 14.5 Å². The van der Waals surface area contributed by atoms with Gasteiger partial charge < -0.3 is 5.11 Å². The van der Waals surface area contributed by atoms with Crippen molar-refractivity contribution in [2.24, 2.45) is 0 Å². The number of hydrogen-bond acceptors (Lipinski definition) is 3. The lowest BCUT2D eigenvalue weighted by molar-refractivity contribution is -0.132. The van der Waals surface area contributed by atoms with Crippen LogP contribution < -0.4 is 4.90 Å². The molecular weight excluding hydrogens is 265 g/mol. The van der Waals surface area contributed by atoms with Crippen molar-refractivity contribution in [3.8, 4) is 0 Å². The highest BCUT2D eigenvalue weighted by Crippen LogP contribution is 2.32. The third kappa shape index (κ3) is 2.20. The summed E-state index contributed by atoms with van der Waals surface area (Å²) in [5, 5.41) is 8.75. The van der Waals surface area contributed by atoms with Crippen LogP contribution in [0.15, 0.2) is 23.8 Å². The van der Waals surface area contributed by atoms with Crippen molar-refractivity contribution in [2.75, 3.05) is 11.4 Å². The Morgan fingerprint density at radius 2 is 2.05 bits per heavy atom. The van der Waals surface area contributed by atoms with E-state index in [0.717, 1.165) is 4.90 Å². The Bertz CT molecular complexity index is 663. The van der Waals surface area contributed by atoms with E-state index in [4.69, 9.17) is 5.11 Å². The fourth-order valence-electron chi connectivity index (χ4n) is 2.01. The van der Waals surface area contributed by atoms with E-state index in [0.29, 0.717) is 5.56 Å². The van der Waals surface area contributed by atoms with E-state index in [1.54, 1.807) is 6.92 Å². The van der Waals surface area contributed by atoms with E-state index in [9.17, 15) is 18.8 Å². The Hall–Kier alpha value is -2.50. The summed E-state index contributed by atoms with van der Waals surface area (Å²) >= 11 is 0. The molecule has 0 spiro atoms. The number of halogens is 1. The number of rotatable bonds is 3. The monoisotopic (exact) mass is 277 g/mol. The molecule has 1 heterocycles. The number of amides is 1. The van der Waals surface area contributed by atoms with E-state index < -0.39 is 23.5 Å². The zero-order valence-electron chi connectivity index (χ0n) is 10.9. The first kappa shape index (κ1) is 13.9. The van der Waals surface area contributed by atoms with E-state index in [1.807, 2.05) is 0 Å². The molecule has 104 valence electrons. The van der Waals surface area contributed by atoms with E-state index in [-0.39, 0.29) is 23.4 Å². The summed E-state index contributed by atoms with van der Waals surface area (Å²) in [7, 11) is 0. The van der Waals surface area contributed by atoms with Crippen molar-refractivity contribution in [1.82, 2.24) is 0 Å². The van der Waals surface area contributed by atoms with Crippen molar-refractivity contribution in [3.05, 3.63) is 40.7 Å². The minimum absolute atomic E-state index is 0.0196. The molecule has 0 saturated heterocycles. The van der Waals surface area contributed by atoms with Gasteiger partial charge in [-0.15, -0.1) is 0 Å². The quantitative estimate of drug-likeness (QED) is 0.674. The smallest absolute Gasteiger partial charge is 0.331 e. The lowest BCUT2D eigenvalue weighted by Crippen LogP contribution is -2.30. The number of fused-ring (bicyclic) bond motifs is 1. The number of benzene rings is 1. The highest BCUT2D eigenvalue weighted by atomic mass is 19.1. The molecule has 0 unspecified atom stereocenters. The molecule has 0 bridgehead atoms. The van der Waals surface area contributed by atoms with Crippen LogP contribution >= 0.6 is 0 Å². The van der Waals surface area contributed by atoms with Crippen LogP contribution in [0, 0.1) is 12.7 Å². The van der Waals surface area contributed by atoms with Gasteiger partial charge >= 0.3 is 5.97 Å². The third-order valence-electron chi connectivity index (χ3n) is 3.08. The maximum Gasteiger partial charge on any atom is 0.331 e. The first-order valence-electron chi connectivity index (χ1n) is 5.89. The molecule has 0 aliphatic carbocycles. The predicted octanol–water partition coefficient (Wildman–Crippen LogP) is 1.69. The summed E-state index contributed by atoms with van der Waals surface area (Å²) in [5.74, 6) is -3.42. The molecule has 20 heavy (non-hydrogen) atoms. The molecule has 1 aliphatic rings. The van der Waals surface area contributed by atoms with Gasteiger partial charge in [0.25, 0.3) is 11.7 Å². The zero-order chi connectivity index (χ0) is 15.0. The van der Waals surface area contributed by atoms with Crippen LogP contribution in [0.1, 0.15) is 22.8 Å². The summed E-state index contributed by atoms with van der Waals surface area (Å²) < 4.78 is 13.9. The second-order valence-electron chi connectivity index (χ2n) is 4.58. The topological polar surface area (TPSA) is 74.7 Å². The molecule has 0 atom stereocenters. The number of carbonyl (C=O) groups excluding carboxylic acids is 2. The van der Waals surface area contributed by atoms with Gasteiger partial charge in [0, 0.05) is 12.1 Å². The number of carbonyl (C=O) groups is 3. The second kappa shape index (κ2) is 4.88. The molecule has 0 saturated carbocycles. The Morgan fingerprint density at radius 1 is 1.40 bits per heavy atom. The van der Waals surface area contributed by atoms with Crippen LogP contribution in [0.5, 0.6) is 0 Å². The Balaban J connectivity index is 2.44. The van der Waals surface area contributed by atoms with Crippen LogP contribution in [-0.4, -0.2) is 29.3 Å². The van der Waals surface area contributed by atoms with Crippen molar-refractivity contribution in [2.45, 2.75) is 13.8 Å². The Labute approximate surface area is 114 Å². The van der Waals surface area contributed by atoms with Crippen molar-refractivity contribution < 1.29 is 23.9 Å². The van der Waals surface area contributed by atoms with Gasteiger partial charge in [0.2, 0.25) is 0 Å². The normalized spacial score (nSPS) is 14.8. The lowest BCUT2D eigenvalue weighted by atomic mass is 10.1. The zero-order valence-corrected chi connectivity index (χ0v) is 10.9. The van der Waals surface area contributed by atoms with E-state index >= 15 is 0 Å². The average Bonchev–Trinajstić information content (AvgIpc) is 2.60. The van der Waals surface area contributed by atoms with Gasteiger partial charge in [-0.05, 0) is 31.5 Å². The van der Waals surface area contributed by atoms with Crippen molar-refractivity contribution in [1.29, 1.82) is 0 Å². The predicted molar refractivity (Wildman–Crippen MR) is 69.2 cm³/mol. The highest BCUT2D eigenvalue weighted by molar-refractivity contribution is 6.52. The van der Waals surface area contributed by atoms with Gasteiger partial charge in [0.15, 0.2) is 0 Å². The summed E-state index contributed by atoms with van der Waals surface area (Å²) in [4.78, 5) is 35.3. The Kier molecular flexibility index (Phi) is 3.40. The number of anilines is 1. The van der Waals surface area contributed by atoms with E-state index in [1.165, 1.54) is 25.1 Å². The van der Waals surface area contributed by atoms with Crippen LogP contribution in [0.4, 0.5) is 10.1 Å². The second-order valence-corrected chi connectivity index (χ2v) is 4.58. The van der Waals surface area contributed by atoms with Gasteiger partial charge in [0.1, 0.15) is 5.82 Å². The minimum atomic E-state index is -1.13. The van der Waals surface area contributed by atoms with E-state index in [2.05, 4.69) is 0 Å². The number of hydrogen-bond donors (Lipinski definition) is 1. The number of aryl methyl sites for hydroxylation is 1. The van der Waals surface area contributed by atoms with Crippen LogP contribution in [0.3, 0.4) is 0 Å². The molecule has 0 fully saturated rings. The first-order chi connectivity index (χ1) is 9.32. The average molecular weight is 277 g/mol. The summed E-state index contributed by atoms with van der Waals surface area (Å²) in [5.41, 5.74) is 0.502. The molecule has 1 aliphatic heterocycles. The van der Waals surface area contributed by atoms with Crippen LogP contribution in [-0.2, 0) is 9.59 Å². The minimum Gasteiger partial charge on any atom is -0.478 e. The van der Waals surface area contributed by atoms with Gasteiger partial charge in [-0.2, -0.15) is 0 Å². The van der Waals surface area contributed by atoms with Crippen LogP contribution in [0.25, 0.3) is 0 Å². The maximum atomic E-state index is 13.9. The molecular formula is C14H12FNO4. The molecule has 5 nitrogen and oxygen atoms in total. The number of carboxylic acids is 1. The van der Waals surface area contributed by atoms with Gasteiger partial charge in [-0.1, -0.05) is 6.08 Å². The van der Waals surface area contributed by atoms with Crippen LogP contribution in [0.2, 0.25) is 0 Å². The molecule has 1 amide bonds. The Morgan fingerprint density at radius 3 is 2.65 bits per heavy atom. The molecule has 0 aromatic heterocycles. The number of ketones is 1. The standard InChI is InChI=1S/C14H12FNO4/c1-7-5-9-11(10(15)6-7)16(13(18)12(9)17)4-3-8(2)14(19)20/h3,5-6H,4H2,1-2H3,(H,19,20). The SMILES string of the molecule is CC(=CCN1C(=O)C(=O)c2cc(C)cc(F)c21)C(=O)O. The van der Waals surface area contributed by atoms with Gasteiger partial charge in [0.05, 0.1) is 11.3 Å². The molecule has 6 heteroatoms. The number of nitrogens with zero attached hydrogens (tertiary/aromatic N) is 1. The third-order valence-corrected chi connectivity index (χ3v) is 3.08. The van der Waals surface area contributed by atoms with Gasteiger partial charge in [-0.25, -0.2) is 9.18 Å². The molecule has 2 rings (SSSR count). The first-order valence-corrected chi connectivity index (χ1v) is 5.89. The number of Topliss-reactive ketones (excluding diaryl/α,β-unsaturated/α-hetero) is 1. The molecule has 1 aromatic rings. The maximum absolute atomic E-state index is 13.9. The summed E-state index contributed by atoms with van der Waals surface area (Å²) in [6.45, 7) is 2.82. The summed E-state index contributed by atoms with van der Waals surface area (Å²) in [6.07, 6.45) is 1.27. The number of aliphatic carboxylic acids is 1. The van der Waals surface area contributed by atoms with Crippen molar-refractivity contribution in [3.63, 3.8) is 0 Å². The molecule has 1 N–H and O–H groups in total. The lowest BCUT2D eigenvalue weighted by Gasteiger charge is -2.15. The van der Waals surface area contributed by atoms with Crippen molar-refractivity contribution >= 4 is 23.3 Å². The number of carboxylic acid groups (broad SMARTS) is 1. The molecule has 1 aromatic carbocycles. The fraction of sp³-hybridized carbons (Fsp3) is 0.214. The molecule has 0 radical (unpaired) electrons. The largest absolute Gasteiger partial charge is 0.478 e.